The Morgan fingerprint density at radius 3 is 2.37 bits per heavy atom. The molecule has 30 heavy (non-hydrogen) atoms. The van der Waals surface area contributed by atoms with Crippen LogP contribution in [-0.2, 0) is 9.47 Å². The van der Waals surface area contributed by atoms with Crippen LogP contribution in [0.1, 0.15) is 52.1 Å². The second kappa shape index (κ2) is 9.25. The molecule has 2 heterocycles. The number of nitrogens with zero attached hydrogens (tertiary/aromatic N) is 3. The number of piperidine rings is 1. The minimum absolute atomic E-state index is 0.0145. The van der Waals surface area contributed by atoms with Crippen molar-refractivity contribution in [2.75, 3.05) is 33.3 Å². The Bertz CT molecular complexity index is 726. The predicted molar refractivity (Wildman–Crippen MR) is 115 cm³/mol. The van der Waals surface area contributed by atoms with Crippen molar-refractivity contribution in [2.24, 2.45) is 0 Å². The molecular weight excluding hydrogens is 382 g/mol. The Labute approximate surface area is 179 Å². The standard InChI is InChI=1S/C23H35N3O4/c1-17(29-5)15-25-16-20(18-9-7-6-8-10-18)26(21(25)27)19-11-13-24(14-12-19)22(28)30-23(2,3)4/h6-10,17,19-20H,11-16H2,1-5H3/t17-,20-/m0/s1. The number of ether oxygens (including phenoxy) is 2. The van der Waals surface area contributed by atoms with E-state index in [1.165, 1.54) is 0 Å². The number of benzene rings is 1. The van der Waals surface area contributed by atoms with Crippen molar-refractivity contribution in [2.45, 2.75) is 64.3 Å². The number of amides is 3. The Morgan fingerprint density at radius 1 is 1.17 bits per heavy atom. The van der Waals surface area contributed by atoms with Gasteiger partial charge in [-0.05, 0) is 46.1 Å². The third-order valence-electron chi connectivity index (χ3n) is 5.79. The molecule has 1 aromatic rings. The van der Waals surface area contributed by atoms with E-state index in [2.05, 4.69) is 12.1 Å². The molecule has 2 aliphatic rings. The van der Waals surface area contributed by atoms with Gasteiger partial charge in [0, 0.05) is 39.3 Å². The second-order valence-corrected chi connectivity index (χ2v) is 9.27. The average Bonchev–Trinajstić information content (AvgIpc) is 3.03. The number of methoxy groups -OCH3 is 1. The summed E-state index contributed by atoms with van der Waals surface area (Å²) in [6, 6.07) is 10.4. The van der Waals surface area contributed by atoms with Crippen LogP contribution in [0.25, 0.3) is 0 Å². The van der Waals surface area contributed by atoms with E-state index in [4.69, 9.17) is 9.47 Å². The fraction of sp³-hybridized carbons (Fsp3) is 0.652. The molecule has 0 spiro atoms. The molecule has 2 saturated heterocycles. The van der Waals surface area contributed by atoms with Crippen LogP contribution in [0, 0.1) is 0 Å². The topological polar surface area (TPSA) is 62.3 Å². The van der Waals surface area contributed by atoms with Crippen LogP contribution in [0.2, 0.25) is 0 Å². The molecule has 3 rings (SSSR count). The number of urea groups is 1. The maximum Gasteiger partial charge on any atom is 0.410 e. The number of carbonyl (C=O) groups excluding carboxylic acids is 2. The lowest BCUT2D eigenvalue weighted by molar-refractivity contribution is 0.0157. The van der Waals surface area contributed by atoms with Gasteiger partial charge in [-0.1, -0.05) is 30.3 Å². The normalized spacial score (nSPS) is 21.8. The lowest BCUT2D eigenvalue weighted by Crippen LogP contribution is -2.49. The van der Waals surface area contributed by atoms with Crippen LogP contribution in [0.15, 0.2) is 30.3 Å². The highest BCUT2D eigenvalue weighted by Gasteiger charge is 2.43. The van der Waals surface area contributed by atoms with Gasteiger partial charge in [0.05, 0.1) is 12.1 Å². The van der Waals surface area contributed by atoms with Gasteiger partial charge in [-0.15, -0.1) is 0 Å². The van der Waals surface area contributed by atoms with Gasteiger partial charge in [-0.25, -0.2) is 9.59 Å². The molecule has 0 unspecified atom stereocenters. The van der Waals surface area contributed by atoms with Crippen molar-refractivity contribution < 1.29 is 19.1 Å². The van der Waals surface area contributed by atoms with Crippen LogP contribution in [0.4, 0.5) is 9.59 Å². The fourth-order valence-corrected chi connectivity index (χ4v) is 4.21. The average molecular weight is 418 g/mol. The number of hydrogen-bond acceptors (Lipinski definition) is 4. The van der Waals surface area contributed by atoms with E-state index in [9.17, 15) is 9.59 Å². The minimum atomic E-state index is -0.504. The Balaban J connectivity index is 1.72. The first kappa shape index (κ1) is 22.4. The SMILES string of the molecule is CO[C@@H](C)CN1C[C@@H](c2ccccc2)N(C2CCN(C(=O)OC(C)(C)C)CC2)C1=O. The lowest BCUT2D eigenvalue weighted by Gasteiger charge is -2.39. The molecule has 2 aliphatic heterocycles. The van der Waals surface area contributed by atoms with Crippen molar-refractivity contribution in [3.63, 3.8) is 0 Å². The van der Waals surface area contributed by atoms with E-state index in [-0.39, 0.29) is 30.3 Å². The molecule has 7 heteroatoms. The smallest absolute Gasteiger partial charge is 0.410 e. The van der Waals surface area contributed by atoms with E-state index >= 15 is 0 Å². The molecule has 0 saturated carbocycles. The van der Waals surface area contributed by atoms with Crippen LogP contribution in [0.5, 0.6) is 0 Å². The van der Waals surface area contributed by atoms with Gasteiger partial charge >= 0.3 is 12.1 Å². The first-order valence-electron chi connectivity index (χ1n) is 10.8. The first-order valence-corrected chi connectivity index (χ1v) is 10.8. The van der Waals surface area contributed by atoms with E-state index in [0.29, 0.717) is 26.2 Å². The van der Waals surface area contributed by atoms with E-state index in [0.717, 1.165) is 18.4 Å². The third-order valence-corrected chi connectivity index (χ3v) is 5.79. The summed E-state index contributed by atoms with van der Waals surface area (Å²) in [7, 11) is 1.67. The fourth-order valence-electron chi connectivity index (χ4n) is 4.21. The van der Waals surface area contributed by atoms with Crippen molar-refractivity contribution in [1.82, 2.24) is 14.7 Å². The quantitative estimate of drug-likeness (QED) is 0.729. The molecule has 0 N–H and O–H groups in total. The molecule has 2 atom stereocenters. The minimum Gasteiger partial charge on any atom is -0.444 e. The zero-order valence-corrected chi connectivity index (χ0v) is 18.8. The molecule has 0 aromatic heterocycles. The van der Waals surface area contributed by atoms with E-state index in [1.54, 1.807) is 12.0 Å². The van der Waals surface area contributed by atoms with Gasteiger partial charge < -0.3 is 24.2 Å². The highest BCUT2D eigenvalue weighted by Crippen LogP contribution is 2.35. The van der Waals surface area contributed by atoms with E-state index < -0.39 is 5.60 Å². The molecule has 2 fully saturated rings. The van der Waals surface area contributed by atoms with Crippen LogP contribution in [0.3, 0.4) is 0 Å². The molecule has 7 nitrogen and oxygen atoms in total. The molecule has 0 radical (unpaired) electrons. The predicted octanol–water partition coefficient (Wildman–Crippen LogP) is 3.90. The van der Waals surface area contributed by atoms with Crippen molar-refractivity contribution in [3.8, 4) is 0 Å². The lowest BCUT2D eigenvalue weighted by atomic mass is 9.99. The zero-order valence-electron chi connectivity index (χ0n) is 18.8. The van der Waals surface area contributed by atoms with Crippen LogP contribution in [-0.4, -0.2) is 77.9 Å². The van der Waals surface area contributed by atoms with Gasteiger partial charge in [0.25, 0.3) is 0 Å². The van der Waals surface area contributed by atoms with Crippen LogP contribution < -0.4 is 0 Å². The Morgan fingerprint density at radius 2 is 1.80 bits per heavy atom. The van der Waals surface area contributed by atoms with Crippen molar-refractivity contribution >= 4 is 12.1 Å². The first-order chi connectivity index (χ1) is 14.2. The van der Waals surface area contributed by atoms with Crippen molar-refractivity contribution in [3.05, 3.63) is 35.9 Å². The summed E-state index contributed by atoms with van der Waals surface area (Å²) in [5.74, 6) is 0. The summed E-state index contributed by atoms with van der Waals surface area (Å²) in [5, 5.41) is 0. The monoisotopic (exact) mass is 417 g/mol. The largest absolute Gasteiger partial charge is 0.444 e. The van der Waals surface area contributed by atoms with Gasteiger partial charge in [0.1, 0.15) is 5.60 Å². The van der Waals surface area contributed by atoms with Crippen LogP contribution >= 0.6 is 0 Å². The summed E-state index contributed by atoms with van der Waals surface area (Å²) in [5.41, 5.74) is 0.642. The van der Waals surface area contributed by atoms with Gasteiger partial charge in [0.15, 0.2) is 0 Å². The maximum atomic E-state index is 13.3. The molecular formula is C23H35N3O4. The highest BCUT2D eigenvalue weighted by molar-refractivity contribution is 5.78. The molecule has 0 aliphatic carbocycles. The van der Waals surface area contributed by atoms with E-state index in [1.807, 2.05) is 55.7 Å². The summed E-state index contributed by atoms with van der Waals surface area (Å²) in [4.78, 5) is 31.4. The number of hydrogen-bond donors (Lipinski definition) is 0. The highest BCUT2D eigenvalue weighted by atomic mass is 16.6. The summed E-state index contributed by atoms with van der Waals surface area (Å²) in [6.07, 6.45) is 1.22. The molecule has 1 aromatic carbocycles. The number of carbonyl (C=O) groups is 2. The third kappa shape index (κ3) is 5.25. The summed E-state index contributed by atoms with van der Waals surface area (Å²) in [6.45, 7) is 10.0. The summed E-state index contributed by atoms with van der Waals surface area (Å²) < 4.78 is 10.9. The van der Waals surface area contributed by atoms with Gasteiger partial charge in [0.2, 0.25) is 0 Å². The van der Waals surface area contributed by atoms with Crippen molar-refractivity contribution in [1.29, 1.82) is 0 Å². The van der Waals surface area contributed by atoms with Gasteiger partial charge in [-0.2, -0.15) is 0 Å². The van der Waals surface area contributed by atoms with Gasteiger partial charge in [-0.3, -0.25) is 0 Å². The zero-order chi connectivity index (χ0) is 21.9. The molecule has 0 bridgehead atoms. The maximum absolute atomic E-state index is 13.3. The molecule has 166 valence electrons. The Hall–Kier alpha value is -2.28. The Kier molecular flexibility index (Phi) is 6.91. The summed E-state index contributed by atoms with van der Waals surface area (Å²) >= 11 is 0. The number of likely N-dealkylation sites (tertiary alicyclic amines) is 1. The second-order valence-electron chi connectivity index (χ2n) is 9.27. The molecule has 3 amide bonds. The number of rotatable bonds is 5.